The van der Waals surface area contributed by atoms with Crippen molar-refractivity contribution in [3.8, 4) is 0 Å². The number of hydrogen-bond donors (Lipinski definition) is 1. The summed E-state index contributed by atoms with van der Waals surface area (Å²) in [6.07, 6.45) is 2.30. The van der Waals surface area contributed by atoms with Crippen molar-refractivity contribution in [2.45, 2.75) is 32.8 Å². The quantitative estimate of drug-likeness (QED) is 0.887. The lowest BCUT2D eigenvalue weighted by atomic mass is 9.98. The Morgan fingerprint density at radius 2 is 2.21 bits per heavy atom. The molecule has 1 aliphatic rings. The van der Waals surface area contributed by atoms with Gasteiger partial charge in [-0.15, -0.1) is 11.3 Å². The van der Waals surface area contributed by atoms with Crippen molar-refractivity contribution >= 4 is 27.3 Å². The maximum atomic E-state index is 10.2. The number of aliphatic hydroxyl groups is 1. The molecular formula is C11H15BrOS. The molecule has 0 aromatic carbocycles. The van der Waals surface area contributed by atoms with E-state index in [1.165, 1.54) is 17.7 Å². The summed E-state index contributed by atoms with van der Waals surface area (Å²) in [5.74, 6) is 1.16. The molecule has 0 radical (unpaired) electrons. The largest absolute Gasteiger partial charge is 0.387 e. The van der Waals surface area contributed by atoms with Gasteiger partial charge in [0.1, 0.15) is 0 Å². The summed E-state index contributed by atoms with van der Waals surface area (Å²) in [5.41, 5.74) is 0. The molecule has 1 fully saturated rings. The second-order valence-electron chi connectivity index (χ2n) is 4.21. The third kappa shape index (κ3) is 2.05. The van der Waals surface area contributed by atoms with Crippen LogP contribution in [0.15, 0.2) is 10.5 Å². The second-order valence-corrected chi connectivity index (χ2v) is 6.35. The van der Waals surface area contributed by atoms with Crippen molar-refractivity contribution in [2.24, 2.45) is 11.8 Å². The highest BCUT2D eigenvalue weighted by Gasteiger charge is 2.34. The minimum Gasteiger partial charge on any atom is -0.387 e. The lowest BCUT2D eigenvalue weighted by molar-refractivity contribution is 0.108. The van der Waals surface area contributed by atoms with E-state index in [0.29, 0.717) is 5.92 Å². The molecule has 3 heteroatoms. The molecular weight excluding hydrogens is 260 g/mol. The highest BCUT2D eigenvalue weighted by molar-refractivity contribution is 9.10. The zero-order valence-electron chi connectivity index (χ0n) is 8.46. The van der Waals surface area contributed by atoms with Gasteiger partial charge in [0.25, 0.3) is 0 Å². The van der Waals surface area contributed by atoms with Gasteiger partial charge in [0, 0.05) is 14.2 Å². The average Bonchev–Trinajstić information content (AvgIpc) is 2.90. The minimum atomic E-state index is -0.282. The monoisotopic (exact) mass is 274 g/mol. The lowest BCUT2D eigenvalue weighted by Gasteiger charge is -2.17. The zero-order valence-corrected chi connectivity index (χ0v) is 10.9. The van der Waals surface area contributed by atoms with E-state index >= 15 is 0 Å². The van der Waals surface area contributed by atoms with E-state index < -0.39 is 0 Å². The van der Waals surface area contributed by atoms with Gasteiger partial charge in [-0.2, -0.15) is 0 Å². The Kier molecular flexibility index (Phi) is 3.01. The second kappa shape index (κ2) is 3.95. The summed E-state index contributed by atoms with van der Waals surface area (Å²) in [5, 5.41) is 10.2. The van der Waals surface area contributed by atoms with Gasteiger partial charge in [-0.3, -0.25) is 0 Å². The highest BCUT2D eigenvalue weighted by atomic mass is 79.9. The van der Waals surface area contributed by atoms with Gasteiger partial charge in [-0.05, 0) is 53.6 Å². The van der Waals surface area contributed by atoms with E-state index in [1.807, 2.05) is 0 Å². The lowest BCUT2D eigenvalue weighted by Crippen LogP contribution is -2.09. The number of halogens is 1. The first-order valence-electron chi connectivity index (χ1n) is 5.03. The number of aryl methyl sites for hydroxylation is 1. The Labute approximate surface area is 97.3 Å². The van der Waals surface area contributed by atoms with E-state index in [-0.39, 0.29) is 6.10 Å². The van der Waals surface area contributed by atoms with Gasteiger partial charge in [0.15, 0.2) is 0 Å². The Morgan fingerprint density at radius 3 is 2.64 bits per heavy atom. The van der Waals surface area contributed by atoms with Crippen LogP contribution in [-0.4, -0.2) is 5.11 Å². The third-order valence-corrected chi connectivity index (χ3v) is 5.01. The first-order chi connectivity index (χ1) is 6.59. The summed E-state index contributed by atoms with van der Waals surface area (Å²) < 4.78 is 1.07. The summed E-state index contributed by atoms with van der Waals surface area (Å²) in [7, 11) is 0. The Bertz CT molecular complexity index is 330. The summed E-state index contributed by atoms with van der Waals surface area (Å²) in [6.45, 7) is 4.23. The number of hydrogen-bond acceptors (Lipinski definition) is 2. The first-order valence-corrected chi connectivity index (χ1v) is 6.64. The Hall–Kier alpha value is 0.140. The molecule has 0 saturated heterocycles. The van der Waals surface area contributed by atoms with Crippen molar-refractivity contribution < 1.29 is 5.11 Å². The van der Waals surface area contributed by atoms with E-state index in [2.05, 4.69) is 35.8 Å². The van der Waals surface area contributed by atoms with Crippen LogP contribution in [0.3, 0.4) is 0 Å². The highest BCUT2D eigenvalue weighted by Crippen LogP contribution is 2.45. The molecule has 2 unspecified atom stereocenters. The van der Waals surface area contributed by atoms with Crippen LogP contribution in [0.4, 0.5) is 0 Å². The molecule has 1 saturated carbocycles. The van der Waals surface area contributed by atoms with E-state index in [0.717, 1.165) is 15.3 Å². The van der Waals surface area contributed by atoms with Crippen LogP contribution in [-0.2, 0) is 0 Å². The van der Waals surface area contributed by atoms with Crippen molar-refractivity contribution in [2.75, 3.05) is 0 Å². The summed E-state index contributed by atoms with van der Waals surface area (Å²) in [6, 6.07) is 2.09. The zero-order chi connectivity index (χ0) is 10.3. The average molecular weight is 275 g/mol. The third-order valence-electron chi connectivity index (χ3n) is 2.97. The van der Waals surface area contributed by atoms with Crippen molar-refractivity contribution in [3.63, 3.8) is 0 Å². The van der Waals surface area contributed by atoms with Crippen molar-refractivity contribution in [1.29, 1.82) is 0 Å². The van der Waals surface area contributed by atoms with E-state index in [9.17, 15) is 5.11 Å². The Morgan fingerprint density at radius 1 is 1.57 bits per heavy atom. The number of rotatable bonds is 3. The smallest absolute Gasteiger partial charge is 0.0921 e. The predicted octanol–water partition coefficient (Wildman–Crippen LogP) is 3.90. The maximum Gasteiger partial charge on any atom is 0.0921 e. The molecule has 2 rings (SSSR count). The van der Waals surface area contributed by atoms with Gasteiger partial charge in [0.05, 0.1) is 6.10 Å². The number of thiophene rings is 1. The van der Waals surface area contributed by atoms with Gasteiger partial charge in [0.2, 0.25) is 0 Å². The van der Waals surface area contributed by atoms with Crippen LogP contribution < -0.4 is 0 Å². The molecule has 1 aromatic heterocycles. The molecule has 1 N–H and O–H groups in total. The van der Waals surface area contributed by atoms with Crippen LogP contribution in [0.25, 0.3) is 0 Å². The van der Waals surface area contributed by atoms with Crippen LogP contribution >= 0.6 is 27.3 Å². The minimum absolute atomic E-state index is 0.282. The SMILES string of the molecule is Cc1cc(Br)c(C(O)C(C)C2CC2)s1. The van der Waals surface area contributed by atoms with Crippen LogP contribution in [0, 0.1) is 18.8 Å². The van der Waals surface area contributed by atoms with Gasteiger partial charge in [-0.25, -0.2) is 0 Å². The molecule has 2 atom stereocenters. The van der Waals surface area contributed by atoms with Crippen molar-refractivity contribution in [1.82, 2.24) is 0 Å². The van der Waals surface area contributed by atoms with Crippen LogP contribution in [0.1, 0.15) is 35.6 Å². The molecule has 0 bridgehead atoms. The fourth-order valence-electron chi connectivity index (χ4n) is 1.82. The first kappa shape index (κ1) is 10.7. The predicted molar refractivity (Wildman–Crippen MR) is 63.6 cm³/mol. The molecule has 1 heterocycles. The standard InChI is InChI=1S/C11H15BrOS/c1-6-5-9(12)11(14-6)10(13)7(2)8-3-4-8/h5,7-8,10,13H,3-4H2,1-2H3. The van der Waals surface area contributed by atoms with Gasteiger partial charge >= 0.3 is 0 Å². The normalized spacial score (nSPS) is 20.9. The maximum absolute atomic E-state index is 10.2. The molecule has 1 aliphatic carbocycles. The van der Waals surface area contributed by atoms with Crippen molar-refractivity contribution in [3.05, 3.63) is 20.3 Å². The molecule has 14 heavy (non-hydrogen) atoms. The summed E-state index contributed by atoms with van der Waals surface area (Å²) in [4.78, 5) is 2.36. The van der Waals surface area contributed by atoms with Gasteiger partial charge in [-0.1, -0.05) is 6.92 Å². The topological polar surface area (TPSA) is 20.2 Å². The van der Waals surface area contributed by atoms with Crippen LogP contribution in [0.2, 0.25) is 0 Å². The van der Waals surface area contributed by atoms with Gasteiger partial charge < -0.3 is 5.11 Å². The fourth-order valence-corrected chi connectivity index (χ4v) is 3.81. The van der Waals surface area contributed by atoms with E-state index in [1.54, 1.807) is 11.3 Å². The van der Waals surface area contributed by atoms with E-state index in [4.69, 9.17) is 0 Å². The Balaban J connectivity index is 2.16. The molecule has 78 valence electrons. The number of aliphatic hydroxyl groups excluding tert-OH is 1. The van der Waals surface area contributed by atoms with Crippen LogP contribution in [0.5, 0.6) is 0 Å². The molecule has 1 aromatic rings. The molecule has 0 amide bonds. The molecule has 0 spiro atoms. The fraction of sp³-hybridized carbons (Fsp3) is 0.636. The molecule has 1 nitrogen and oxygen atoms in total. The molecule has 0 aliphatic heterocycles. The summed E-state index contributed by atoms with van der Waals surface area (Å²) >= 11 is 5.21.